The highest BCUT2D eigenvalue weighted by Crippen LogP contribution is 2.06. The Morgan fingerprint density at radius 2 is 2.28 bits per heavy atom. The number of amides is 1. The van der Waals surface area contributed by atoms with Gasteiger partial charge in [-0.2, -0.15) is 0 Å². The summed E-state index contributed by atoms with van der Waals surface area (Å²) in [6.07, 6.45) is 5.72. The Balaban J connectivity index is 1.87. The van der Waals surface area contributed by atoms with Crippen LogP contribution in [0.15, 0.2) is 30.7 Å². The quantitative estimate of drug-likeness (QED) is 0.728. The van der Waals surface area contributed by atoms with Gasteiger partial charge in [-0.15, -0.1) is 0 Å². The summed E-state index contributed by atoms with van der Waals surface area (Å²) in [4.78, 5) is 22.9. The summed E-state index contributed by atoms with van der Waals surface area (Å²) in [6, 6.07) is 3.52. The van der Waals surface area contributed by atoms with Gasteiger partial charge in [0.1, 0.15) is 11.5 Å². The number of aromatic nitrogens is 3. The minimum Gasteiger partial charge on any atom is -0.388 e. The predicted octanol–water partition coefficient (Wildman–Crippen LogP) is 0.819. The molecule has 0 aliphatic heterocycles. The Morgan fingerprint density at radius 1 is 1.39 bits per heavy atom. The smallest absolute Gasteiger partial charge is 0.269 e. The van der Waals surface area contributed by atoms with E-state index in [0.29, 0.717) is 18.7 Å². The molecule has 2 aromatic heterocycles. The molecule has 0 fully saturated rings. The number of nitrogens with zero attached hydrogens (tertiary/aromatic N) is 2. The molecule has 0 saturated heterocycles. The molecule has 0 aromatic carbocycles. The molecular weight excluding hydrogens is 230 g/mol. The van der Waals surface area contributed by atoms with E-state index in [-0.39, 0.29) is 5.91 Å². The van der Waals surface area contributed by atoms with E-state index in [1.54, 1.807) is 37.8 Å². The predicted molar refractivity (Wildman–Crippen MR) is 68.4 cm³/mol. The van der Waals surface area contributed by atoms with Crippen molar-refractivity contribution in [1.29, 1.82) is 0 Å². The Bertz CT molecular complexity index is 509. The molecule has 3 N–H and O–H groups in total. The third-order valence-electron chi connectivity index (χ3n) is 2.48. The number of hydrogen-bond donors (Lipinski definition) is 3. The minimum atomic E-state index is -0.182. The zero-order valence-corrected chi connectivity index (χ0v) is 10.1. The molecule has 2 heterocycles. The molecular formula is C12H15N5O. The van der Waals surface area contributed by atoms with Crippen LogP contribution in [0.5, 0.6) is 0 Å². The number of hydrogen-bond acceptors (Lipinski definition) is 4. The second kappa shape index (κ2) is 5.81. The Labute approximate surface area is 105 Å². The minimum absolute atomic E-state index is 0.182. The Kier molecular flexibility index (Phi) is 3.90. The molecule has 94 valence electrons. The highest BCUT2D eigenvalue weighted by Gasteiger charge is 2.07. The highest BCUT2D eigenvalue weighted by molar-refractivity contribution is 5.93. The fourth-order valence-corrected chi connectivity index (χ4v) is 1.53. The summed E-state index contributed by atoms with van der Waals surface area (Å²) in [5.41, 5.74) is 1.27. The number of H-pyrrole nitrogens is 1. The van der Waals surface area contributed by atoms with Crippen molar-refractivity contribution in [1.82, 2.24) is 20.3 Å². The summed E-state index contributed by atoms with van der Waals surface area (Å²) in [7, 11) is 1.80. The molecule has 0 atom stereocenters. The number of pyridine rings is 1. The maximum absolute atomic E-state index is 11.8. The van der Waals surface area contributed by atoms with Crippen LogP contribution in [0.1, 0.15) is 16.3 Å². The first-order valence-electron chi connectivity index (χ1n) is 5.70. The lowest BCUT2D eigenvalue weighted by Gasteiger charge is -2.05. The van der Waals surface area contributed by atoms with Gasteiger partial charge < -0.3 is 15.6 Å². The van der Waals surface area contributed by atoms with E-state index in [1.165, 1.54) is 0 Å². The van der Waals surface area contributed by atoms with Crippen molar-refractivity contribution in [2.75, 3.05) is 18.9 Å². The van der Waals surface area contributed by atoms with Gasteiger partial charge in [0.2, 0.25) is 0 Å². The summed E-state index contributed by atoms with van der Waals surface area (Å²) >= 11 is 0. The average Bonchev–Trinajstić information content (AvgIpc) is 2.92. The molecule has 6 heteroatoms. The topological polar surface area (TPSA) is 82.7 Å². The standard InChI is InChI=1S/C12H15N5O/c1-13-9-2-4-14-10(8-9)12(18)17-5-3-11-15-6-7-16-11/h2,4,6-8H,3,5H2,1H3,(H,13,14)(H,15,16)(H,17,18). The van der Waals surface area contributed by atoms with Crippen molar-refractivity contribution >= 4 is 11.6 Å². The second-order valence-corrected chi connectivity index (χ2v) is 3.72. The summed E-state index contributed by atoms with van der Waals surface area (Å²) in [5.74, 6) is 0.672. The van der Waals surface area contributed by atoms with Crippen molar-refractivity contribution in [3.63, 3.8) is 0 Å². The van der Waals surface area contributed by atoms with Crippen LogP contribution in [0, 0.1) is 0 Å². The Morgan fingerprint density at radius 3 is 3.00 bits per heavy atom. The summed E-state index contributed by atoms with van der Waals surface area (Å²) < 4.78 is 0. The lowest BCUT2D eigenvalue weighted by atomic mass is 10.3. The molecule has 0 bridgehead atoms. The Hall–Kier alpha value is -2.37. The van der Waals surface area contributed by atoms with Crippen LogP contribution in [0.2, 0.25) is 0 Å². The number of nitrogens with one attached hydrogen (secondary N) is 3. The molecule has 0 saturated carbocycles. The lowest BCUT2D eigenvalue weighted by molar-refractivity contribution is 0.0949. The van der Waals surface area contributed by atoms with Gasteiger partial charge in [-0.3, -0.25) is 9.78 Å². The molecule has 2 rings (SSSR count). The highest BCUT2D eigenvalue weighted by atomic mass is 16.1. The van der Waals surface area contributed by atoms with Crippen molar-refractivity contribution in [3.05, 3.63) is 42.2 Å². The monoisotopic (exact) mass is 245 g/mol. The van der Waals surface area contributed by atoms with Crippen LogP contribution in [0.3, 0.4) is 0 Å². The second-order valence-electron chi connectivity index (χ2n) is 3.72. The molecule has 18 heavy (non-hydrogen) atoms. The van der Waals surface area contributed by atoms with Crippen LogP contribution in [0.4, 0.5) is 5.69 Å². The van der Waals surface area contributed by atoms with E-state index in [4.69, 9.17) is 0 Å². The van der Waals surface area contributed by atoms with E-state index < -0.39 is 0 Å². The normalized spacial score (nSPS) is 10.1. The van der Waals surface area contributed by atoms with Gasteiger partial charge in [-0.25, -0.2) is 4.98 Å². The zero-order chi connectivity index (χ0) is 12.8. The largest absolute Gasteiger partial charge is 0.388 e. The number of carbonyl (C=O) groups is 1. The van der Waals surface area contributed by atoms with Gasteiger partial charge in [0, 0.05) is 44.3 Å². The maximum atomic E-state index is 11.8. The van der Waals surface area contributed by atoms with Crippen molar-refractivity contribution in [2.24, 2.45) is 0 Å². The molecule has 0 aliphatic carbocycles. The van der Waals surface area contributed by atoms with Gasteiger partial charge in [0.05, 0.1) is 0 Å². The van der Waals surface area contributed by atoms with Crippen molar-refractivity contribution in [2.45, 2.75) is 6.42 Å². The van der Waals surface area contributed by atoms with E-state index >= 15 is 0 Å². The van der Waals surface area contributed by atoms with Gasteiger partial charge in [0.25, 0.3) is 5.91 Å². The number of aromatic amines is 1. The van der Waals surface area contributed by atoms with Crippen LogP contribution in [-0.2, 0) is 6.42 Å². The molecule has 0 unspecified atom stereocenters. The molecule has 0 spiro atoms. The van der Waals surface area contributed by atoms with Crippen LogP contribution >= 0.6 is 0 Å². The van der Waals surface area contributed by atoms with E-state index in [2.05, 4.69) is 25.6 Å². The number of imidazole rings is 1. The zero-order valence-electron chi connectivity index (χ0n) is 10.1. The van der Waals surface area contributed by atoms with Crippen molar-refractivity contribution < 1.29 is 4.79 Å². The summed E-state index contributed by atoms with van der Waals surface area (Å²) in [6.45, 7) is 0.526. The van der Waals surface area contributed by atoms with E-state index in [0.717, 1.165) is 11.5 Å². The van der Waals surface area contributed by atoms with Gasteiger partial charge in [0.15, 0.2) is 0 Å². The van der Waals surface area contributed by atoms with Gasteiger partial charge >= 0.3 is 0 Å². The third-order valence-corrected chi connectivity index (χ3v) is 2.48. The summed E-state index contributed by atoms with van der Waals surface area (Å²) in [5, 5.41) is 5.77. The molecule has 0 aliphatic rings. The number of carbonyl (C=O) groups excluding carboxylic acids is 1. The third kappa shape index (κ3) is 3.07. The molecule has 0 radical (unpaired) electrons. The maximum Gasteiger partial charge on any atom is 0.269 e. The fourth-order valence-electron chi connectivity index (χ4n) is 1.53. The van der Waals surface area contributed by atoms with Crippen LogP contribution < -0.4 is 10.6 Å². The fraction of sp³-hybridized carbons (Fsp3) is 0.250. The first kappa shape index (κ1) is 12.1. The first-order valence-corrected chi connectivity index (χ1v) is 5.70. The molecule has 2 aromatic rings. The van der Waals surface area contributed by atoms with E-state index in [9.17, 15) is 4.79 Å². The first-order chi connectivity index (χ1) is 8.79. The lowest BCUT2D eigenvalue weighted by Crippen LogP contribution is -2.26. The van der Waals surface area contributed by atoms with Crippen LogP contribution in [-0.4, -0.2) is 34.5 Å². The number of rotatable bonds is 5. The molecule has 1 amide bonds. The van der Waals surface area contributed by atoms with Crippen LogP contribution in [0.25, 0.3) is 0 Å². The van der Waals surface area contributed by atoms with Gasteiger partial charge in [-0.05, 0) is 12.1 Å². The molecule has 6 nitrogen and oxygen atoms in total. The van der Waals surface area contributed by atoms with Crippen molar-refractivity contribution in [3.8, 4) is 0 Å². The number of anilines is 1. The average molecular weight is 245 g/mol. The van der Waals surface area contributed by atoms with E-state index in [1.807, 2.05) is 0 Å². The SMILES string of the molecule is CNc1ccnc(C(=O)NCCc2ncc[nH]2)c1. The van der Waals surface area contributed by atoms with Gasteiger partial charge in [-0.1, -0.05) is 0 Å².